The van der Waals surface area contributed by atoms with Crippen LogP contribution in [0.2, 0.25) is 0 Å². The van der Waals surface area contributed by atoms with Gasteiger partial charge >= 0.3 is 8.60 Å². The molecule has 3 aromatic rings. The number of rotatable bonds is 29. The molecule has 1 aromatic carbocycles. The Balaban J connectivity index is 0.000000947. The van der Waals surface area contributed by atoms with Gasteiger partial charge in [0.05, 0.1) is 37.6 Å². The van der Waals surface area contributed by atoms with Crippen LogP contribution in [0.15, 0.2) is 36.7 Å². The van der Waals surface area contributed by atoms with Crippen molar-refractivity contribution >= 4 is 19.9 Å². The van der Waals surface area contributed by atoms with E-state index in [4.69, 9.17) is 35.1 Å². The van der Waals surface area contributed by atoms with Crippen LogP contribution in [0.25, 0.3) is 5.52 Å². The average molecular weight is 773 g/mol. The molecule has 2 atom stereocenters. The third-order valence-corrected chi connectivity index (χ3v) is 9.98. The van der Waals surface area contributed by atoms with Gasteiger partial charge in [-0.3, -0.25) is 0 Å². The highest BCUT2D eigenvalue weighted by Gasteiger charge is 2.15. The monoisotopic (exact) mass is 772 g/mol. The first kappa shape index (κ1) is 48.8. The third-order valence-electron chi connectivity index (χ3n) is 9.21. The number of aliphatic hydroxyl groups excluding tert-OH is 1. The highest BCUT2D eigenvalue weighted by molar-refractivity contribution is 7.40. The normalized spacial score (nSPS) is 12.0. The lowest BCUT2D eigenvalue weighted by atomic mass is 10.0. The van der Waals surface area contributed by atoms with Gasteiger partial charge in [0.1, 0.15) is 17.7 Å². The van der Waals surface area contributed by atoms with E-state index in [9.17, 15) is 9.28 Å². The zero-order valence-corrected chi connectivity index (χ0v) is 33.7. The maximum Gasteiger partial charge on any atom is 0.329 e. The largest absolute Gasteiger partial charge is 0.392 e. The summed E-state index contributed by atoms with van der Waals surface area (Å²) < 4.78 is 30.9. The number of aryl methyl sites for hydroxylation is 1. The fraction of sp³-hybridized carbons (Fsp3) is 0.659. The summed E-state index contributed by atoms with van der Waals surface area (Å²) in [6.07, 6.45) is 28.6. The van der Waals surface area contributed by atoms with Crippen LogP contribution in [0.5, 0.6) is 0 Å². The van der Waals surface area contributed by atoms with Crippen LogP contribution in [0.4, 0.5) is 10.2 Å². The Labute approximate surface area is 325 Å². The molecule has 0 amide bonds. The van der Waals surface area contributed by atoms with Crippen LogP contribution >= 0.6 is 8.60 Å². The molecule has 0 aliphatic carbocycles. The topological polar surface area (TPSA) is 172 Å². The standard InChI is InChI=1S/C32H59N4O4P.C8H6FNO.CHN/c1-3-4-5-6-7-8-9-10-11-12-13-14-15-16-17-18-19-20-21-26-39-41(37)40-27-30(38-2)24-22-29-23-25-31-32(33)34-28-35-36(29)31;9-8-2-6(4-10)1-7(3-8)5-11;1-2/h23,25,28,30,37H,3-22,24,26-27H2,1-2H3,(H2,33,34,35);1-3,11H,5H2;1H. The first-order valence-electron chi connectivity index (χ1n) is 19.8. The Morgan fingerprint density at radius 3 is 1.94 bits per heavy atom. The molecule has 0 saturated carbocycles. The molecular formula is C41H66FN6O5P. The minimum Gasteiger partial charge on any atom is -0.392 e. The van der Waals surface area contributed by atoms with Crippen molar-refractivity contribution in [3.05, 3.63) is 59.3 Å². The van der Waals surface area contributed by atoms with Crippen LogP contribution in [0.1, 0.15) is 152 Å². The van der Waals surface area contributed by atoms with Gasteiger partial charge in [-0.2, -0.15) is 10.4 Å². The van der Waals surface area contributed by atoms with Crippen molar-refractivity contribution in [2.45, 2.75) is 154 Å². The van der Waals surface area contributed by atoms with E-state index in [0.717, 1.165) is 43.0 Å². The molecular weight excluding hydrogens is 706 g/mol. The Bertz CT molecular complexity index is 1420. The fourth-order valence-corrected chi connectivity index (χ4v) is 6.74. The van der Waals surface area contributed by atoms with E-state index in [1.165, 1.54) is 128 Å². The Morgan fingerprint density at radius 1 is 0.870 bits per heavy atom. The zero-order chi connectivity index (χ0) is 39.7. The van der Waals surface area contributed by atoms with Gasteiger partial charge < -0.3 is 29.5 Å². The lowest BCUT2D eigenvalue weighted by Crippen LogP contribution is -2.18. The van der Waals surface area contributed by atoms with Gasteiger partial charge in [-0.15, -0.1) is 0 Å². The highest BCUT2D eigenvalue weighted by atomic mass is 31.2. The second-order valence-corrected chi connectivity index (χ2v) is 14.5. The predicted octanol–water partition coefficient (Wildman–Crippen LogP) is 10.3. The molecule has 0 fully saturated rings. The molecule has 0 bridgehead atoms. The van der Waals surface area contributed by atoms with E-state index < -0.39 is 14.4 Å². The summed E-state index contributed by atoms with van der Waals surface area (Å²) in [5.74, 6) is -0.0286. The number of nitrogen functional groups attached to an aromatic ring is 1. The number of nitrogens with zero attached hydrogens (tertiary/aromatic N) is 5. The summed E-state index contributed by atoms with van der Waals surface area (Å²) in [5, 5.41) is 27.8. The molecule has 2 unspecified atom stereocenters. The SMILES string of the molecule is C#N.CCCCCCCCCCCCCCCCCCCCCOP(O)OCC(CCc1ccc2c(N)ncnn12)OC.N#Cc1cc(F)cc(CO)c1. The Hall–Kier alpha value is -3.22. The Morgan fingerprint density at radius 2 is 1.43 bits per heavy atom. The maximum atomic E-state index is 12.5. The molecule has 0 radical (unpaired) electrons. The molecule has 11 nitrogen and oxygen atoms in total. The van der Waals surface area contributed by atoms with Crippen molar-refractivity contribution < 1.29 is 28.2 Å². The van der Waals surface area contributed by atoms with Crippen molar-refractivity contribution in [1.82, 2.24) is 14.6 Å². The number of methoxy groups -OCH3 is 1. The second-order valence-electron chi connectivity index (χ2n) is 13.5. The number of unbranched alkanes of at least 4 members (excludes halogenated alkanes) is 18. The number of halogens is 1. The number of hydrogen-bond acceptors (Lipinski definition) is 10. The van der Waals surface area contributed by atoms with Gasteiger partial charge in [0.15, 0.2) is 5.82 Å². The number of fused-ring (bicyclic) bond motifs is 1. The van der Waals surface area contributed by atoms with E-state index in [1.54, 1.807) is 17.7 Å². The number of nitrogens with two attached hydrogens (primary N) is 1. The van der Waals surface area contributed by atoms with Crippen molar-refractivity contribution in [3.63, 3.8) is 0 Å². The Kier molecular flexibility index (Phi) is 30.0. The van der Waals surface area contributed by atoms with Crippen molar-refractivity contribution in [2.75, 3.05) is 26.1 Å². The summed E-state index contributed by atoms with van der Waals surface area (Å²) in [6.45, 7) is 6.37. The molecule has 0 spiro atoms. The number of benzene rings is 1. The van der Waals surface area contributed by atoms with Crippen LogP contribution in [0, 0.1) is 29.0 Å². The molecule has 302 valence electrons. The molecule has 2 aromatic heterocycles. The number of aromatic nitrogens is 3. The summed E-state index contributed by atoms with van der Waals surface area (Å²) >= 11 is 0. The van der Waals surface area contributed by atoms with Crippen LogP contribution in [-0.2, 0) is 26.8 Å². The van der Waals surface area contributed by atoms with E-state index in [-0.39, 0.29) is 18.3 Å². The molecule has 2 heterocycles. The molecule has 0 aliphatic rings. The predicted molar refractivity (Wildman–Crippen MR) is 215 cm³/mol. The van der Waals surface area contributed by atoms with Gasteiger partial charge in [0.2, 0.25) is 0 Å². The summed E-state index contributed by atoms with van der Waals surface area (Å²) in [6, 6.07) is 9.48. The zero-order valence-electron chi connectivity index (χ0n) is 32.8. The number of ether oxygens (including phenoxy) is 1. The molecule has 0 aliphatic heterocycles. The van der Waals surface area contributed by atoms with Gasteiger partial charge in [0.25, 0.3) is 0 Å². The lowest BCUT2D eigenvalue weighted by molar-refractivity contribution is 0.0440. The van der Waals surface area contributed by atoms with E-state index in [0.29, 0.717) is 24.6 Å². The van der Waals surface area contributed by atoms with E-state index in [2.05, 4.69) is 23.6 Å². The van der Waals surface area contributed by atoms with Crippen molar-refractivity contribution in [1.29, 1.82) is 10.5 Å². The summed E-state index contributed by atoms with van der Waals surface area (Å²) in [5.41, 5.74) is 8.38. The highest BCUT2D eigenvalue weighted by Crippen LogP contribution is 2.33. The first-order valence-corrected chi connectivity index (χ1v) is 21.0. The number of aliphatic hydroxyl groups is 1. The van der Waals surface area contributed by atoms with Crippen LogP contribution in [0.3, 0.4) is 0 Å². The first-order chi connectivity index (χ1) is 26.4. The molecule has 54 heavy (non-hydrogen) atoms. The fourth-order valence-electron chi connectivity index (χ4n) is 6.09. The molecule has 4 N–H and O–H groups in total. The van der Waals surface area contributed by atoms with Crippen molar-refractivity contribution in [3.8, 4) is 12.6 Å². The molecule has 3 rings (SSSR count). The van der Waals surface area contributed by atoms with Gasteiger partial charge in [-0.1, -0.05) is 122 Å². The van der Waals surface area contributed by atoms with Gasteiger partial charge in [-0.05, 0) is 55.2 Å². The van der Waals surface area contributed by atoms with Crippen molar-refractivity contribution in [2.24, 2.45) is 0 Å². The number of hydrogen-bond donors (Lipinski definition) is 3. The van der Waals surface area contributed by atoms with Crippen LogP contribution in [-0.4, -0.2) is 51.0 Å². The second kappa shape index (κ2) is 33.1. The van der Waals surface area contributed by atoms with Gasteiger partial charge in [0, 0.05) is 19.4 Å². The maximum absolute atomic E-state index is 12.5. The third kappa shape index (κ3) is 22.9. The number of nitriles is 2. The van der Waals surface area contributed by atoms with Gasteiger partial charge in [-0.25, -0.2) is 19.2 Å². The number of anilines is 1. The smallest absolute Gasteiger partial charge is 0.329 e. The minimum absolute atomic E-state index is 0.143. The minimum atomic E-state index is -1.88. The average Bonchev–Trinajstić information content (AvgIpc) is 3.62. The lowest BCUT2D eigenvalue weighted by Gasteiger charge is -2.17. The summed E-state index contributed by atoms with van der Waals surface area (Å²) in [4.78, 5) is 14.1. The quantitative estimate of drug-likeness (QED) is 0.0455. The van der Waals surface area contributed by atoms with E-state index in [1.807, 2.05) is 12.1 Å². The molecule has 13 heteroatoms. The van der Waals surface area contributed by atoms with Crippen LogP contribution < -0.4 is 5.73 Å². The summed E-state index contributed by atoms with van der Waals surface area (Å²) in [7, 11) is -0.219. The molecule has 0 saturated heterocycles. The van der Waals surface area contributed by atoms with E-state index >= 15 is 0 Å².